The van der Waals surface area contributed by atoms with E-state index >= 15 is 0 Å². The molecule has 0 radical (unpaired) electrons. The van der Waals surface area contributed by atoms with Gasteiger partial charge in [-0.25, -0.2) is 0 Å². The summed E-state index contributed by atoms with van der Waals surface area (Å²) in [6.45, 7) is 1.92. The van der Waals surface area contributed by atoms with Gasteiger partial charge in [-0.15, -0.1) is 4.63 Å². The minimum Gasteiger partial charge on any atom is -0.504 e. The molecule has 1 amide bonds. The zero-order chi connectivity index (χ0) is 24.3. The number of halogens is 3. The van der Waals surface area contributed by atoms with Gasteiger partial charge in [0.1, 0.15) is 5.69 Å². The molecule has 176 valence electrons. The van der Waals surface area contributed by atoms with Crippen molar-refractivity contribution >= 4 is 23.2 Å². The molecule has 3 aromatic rings. The van der Waals surface area contributed by atoms with E-state index in [4.69, 9.17) is 4.63 Å². The standard InChI is InChI=1S/C21H22F3N5O4/c1-4-14(12-8-6-5-7-9-12)25-18-19(29(32)33-27-18)26-15-11-10-13(21(22,23)24)16(17(15)30)20(31)28(2)3/h5-11,14,26H,4H2,1-3H3,(H2-,25,27,30,31,32)/p+1/t14-/m1/s1. The lowest BCUT2D eigenvalue weighted by Gasteiger charge is -2.18. The summed E-state index contributed by atoms with van der Waals surface area (Å²) in [6, 6.07) is 10.7. The number of carbonyl (C=O) groups excluding carboxylic acids is 1. The van der Waals surface area contributed by atoms with Crippen LogP contribution in [0.5, 0.6) is 5.75 Å². The number of hydrogen-bond donors (Lipinski definition) is 4. The highest BCUT2D eigenvalue weighted by Crippen LogP contribution is 2.41. The van der Waals surface area contributed by atoms with Crippen LogP contribution in [0, 0.1) is 4.91 Å². The van der Waals surface area contributed by atoms with Gasteiger partial charge in [0.2, 0.25) is 0 Å². The smallest absolute Gasteiger partial charge is 0.417 e. The van der Waals surface area contributed by atoms with Crippen molar-refractivity contribution in [3.63, 3.8) is 0 Å². The molecule has 9 nitrogen and oxygen atoms in total. The Labute approximate surface area is 186 Å². The summed E-state index contributed by atoms with van der Waals surface area (Å²) in [5, 5.41) is 18.6. The number of phenols is 1. The van der Waals surface area contributed by atoms with Gasteiger partial charge in [-0.1, -0.05) is 42.4 Å². The first kappa shape index (κ1) is 23.7. The quantitative estimate of drug-likeness (QED) is 0.387. The summed E-state index contributed by atoms with van der Waals surface area (Å²) in [5.41, 5.74) is -1.60. The van der Waals surface area contributed by atoms with Crippen LogP contribution >= 0.6 is 0 Å². The van der Waals surface area contributed by atoms with Crippen LogP contribution in [0.25, 0.3) is 0 Å². The normalized spacial score (nSPS) is 12.3. The average molecular weight is 466 g/mol. The number of rotatable bonds is 7. The largest absolute Gasteiger partial charge is 0.504 e. The minimum atomic E-state index is -4.88. The van der Waals surface area contributed by atoms with Crippen LogP contribution in [0.1, 0.15) is 40.9 Å². The van der Waals surface area contributed by atoms with Crippen LogP contribution in [0.2, 0.25) is 0 Å². The lowest BCUT2D eigenvalue weighted by molar-refractivity contribution is -0.701. The number of aromatic nitrogens is 2. The molecule has 1 aromatic heterocycles. The molecule has 2 aromatic carbocycles. The summed E-state index contributed by atoms with van der Waals surface area (Å²) in [4.78, 5) is 25.5. The van der Waals surface area contributed by atoms with E-state index < -0.39 is 29.0 Å². The van der Waals surface area contributed by atoms with E-state index in [1.165, 1.54) is 14.1 Å². The predicted octanol–water partition coefficient (Wildman–Crippen LogP) is 4.26. The monoisotopic (exact) mass is 466 g/mol. The fraction of sp³-hybridized carbons (Fsp3) is 0.286. The van der Waals surface area contributed by atoms with Gasteiger partial charge < -0.3 is 15.3 Å². The first-order valence-corrected chi connectivity index (χ1v) is 9.92. The van der Waals surface area contributed by atoms with E-state index in [0.717, 1.165) is 16.5 Å². The Balaban J connectivity index is 2.01. The number of carbonyl (C=O) groups is 1. The Morgan fingerprint density at radius 2 is 1.88 bits per heavy atom. The molecule has 1 atom stereocenters. The van der Waals surface area contributed by atoms with Gasteiger partial charge in [-0.2, -0.15) is 13.2 Å². The molecule has 0 aliphatic heterocycles. The van der Waals surface area contributed by atoms with Crippen LogP contribution in [0.15, 0.2) is 47.1 Å². The Bertz CT molecular complexity index is 1190. The van der Waals surface area contributed by atoms with Crippen molar-refractivity contribution in [2.75, 3.05) is 24.7 Å². The first-order valence-electron chi connectivity index (χ1n) is 9.92. The van der Waals surface area contributed by atoms with Gasteiger partial charge in [0, 0.05) is 14.1 Å². The van der Waals surface area contributed by atoms with E-state index in [1.807, 2.05) is 37.3 Å². The van der Waals surface area contributed by atoms with Crippen molar-refractivity contribution in [2.24, 2.45) is 0 Å². The third-order valence-electron chi connectivity index (χ3n) is 4.94. The number of H-pyrrole nitrogens is 1. The number of nitrogens with zero attached hydrogens (tertiary/aromatic N) is 2. The first-order chi connectivity index (χ1) is 15.5. The van der Waals surface area contributed by atoms with Gasteiger partial charge in [0.25, 0.3) is 11.7 Å². The van der Waals surface area contributed by atoms with Crippen molar-refractivity contribution in [3.05, 3.63) is 64.1 Å². The van der Waals surface area contributed by atoms with Gasteiger partial charge in [-0.3, -0.25) is 10.1 Å². The zero-order valence-corrected chi connectivity index (χ0v) is 18.0. The van der Waals surface area contributed by atoms with Crippen molar-refractivity contribution in [1.29, 1.82) is 0 Å². The number of alkyl halides is 3. The molecule has 12 heteroatoms. The fourth-order valence-electron chi connectivity index (χ4n) is 3.25. The highest BCUT2D eigenvalue weighted by molar-refractivity contribution is 6.00. The summed E-state index contributed by atoms with van der Waals surface area (Å²) in [5.74, 6) is -2.15. The molecular formula is C21H23F3N5O4+. The SMILES string of the molecule is CC[C@@H](Nc1[nH]o[n+](=O)c1Nc1ccc(C(F)(F)F)c(C(=O)N(C)C)c1O)c1ccccc1. The molecule has 4 N–H and O–H groups in total. The maximum absolute atomic E-state index is 13.4. The van der Waals surface area contributed by atoms with Crippen LogP contribution in [-0.4, -0.2) is 35.2 Å². The second-order valence-electron chi connectivity index (χ2n) is 7.40. The number of anilines is 3. The summed E-state index contributed by atoms with van der Waals surface area (Å²) < 4.78 is 45.2. The van der Waals surface area contributed by atoms with Crippen molar-refractivity contribution in [2.45, 2.75) is 25.6 Å². The van der Waals surface area contributed by atoms with E-state index in [-0.39, 0.29) is 28.0 Å². The van der Waals surface area contributed by atoms with E-state index in [0.29, 0.717) is 12.5 Å². The number of aromatic hydroxyl groups is 1. The Morgan fingerprint density at radius 1 is 1.21 bits per heavy atom. The summed E-state index contributed by atoms with van der Waals surface area (Å²) >= 11 is 0. The molecule has 0 saturated carbocycles. The van der Waals surface area contributed by atoms with Crippen LogP contribution < -0.4 is 15.2 Å². The third-order valence-corrected chi connectivity index (χ3v) is 4.94. The molecule has 0 aliphatic carbocycles. The number of hydrogen-bond acceptors (Lipinski definition) is 6. The van der Waals surface area contributed by atoms with E-state index in [1.54, 1.807) is 0 Å². The third kappa shape index (κ3) is 4.94. The van der Waals surface area contributed by atoms with Crippen LogP contribution in [-0.2, 0) is 6.18 Å². The second kappa shape index (κ2) is 9.27. The Morgan fingerprint density at radius 3 is 2.45 bits per heavy atom. The number of benzene rings is 2. The number of amides is 1. The Kier molecular flexibility index (Phi) is 6.65. The van der Waals surface area contributed by atoms with Crippen LogP contribution in [0.4, 0.5) is 30.5 Å². The highest BCUT2D eigenvalue weighted by Gasteiger charge is 2.39. The number of phenolic OH excluding ortho intramolecular Hbond substituents is 1. The summed E-state index contributed by atoms with van der Waals surface area (Å²) in [7, 11) is 2.52. The molecule has 1 heterocycles. The predicted molar refractivity (Wildman–Crippen MR) is 114 cm³/mol. The maximum Gasteiger partial charge on any atom is 0.417 e. The van der Waals surface area contributed by atoms with Crippen molar-refractivity contribution in [1.82, 2.24) is 10.1 Å². The highest BCUT2D eigenvalue weighted by atomic mass is 19.4. The Hall–Kier alpha value is -3.96. The fourth-order valence-corrected chi connectivity index (χ4v) is 3.25. The molecular weight excluding hydrogens is 443 g/mol. The molecule has 33 heavy (non-hydrogen) atoms. The lowest BCUT2D eigenvalue weighted by atomic mass is 10.0. The zero-order valence-electron chi connectivity index (χ0n) is 18.0. The van der Waals surface area contributed by atoms with Crippen molar-refractivity contribution in [3.8, 4) is 5.75 Å². The maximum atomic E-state index is 13.4. The van der Waals surface area contributed by atoms with Gasteiger partial charge in [0.15, 0.2) is 10.3 Å². The molecule has 0 spiro atoms. The lowest BCUT2D eigenvalue weighted by Crippen LogP contribution is -2.25. The number of nitrogens with one attached hydrogen (secondary N) is 3. The van der Waals surface area contributed by atoms with Crippen molar-refractivity contribution < 1.29 is 32.3 Å². The van der Waals surface area contributed by atoms with Gasteiger partial charge >= 0.3 is 12.0 Å². The molecule has 3 rings (SSSR count). The summed E-state index contributed by atoms with van der Waals surface area (Å²) in [6.07, 6.45) is -4.25. The van der Waals surface area contributed by atoms with E-state index in [2.05, 4.69) is 15.8 Å². The van der Waals surface area contributed by atoms with Gasteiger partial charge in [0.05, 0.1) is 17.2 Å². The van der Waals surface area contributed by atoms with Gasteiger partial charge in [-0.05, 0) is 29.0 Å². The molecule has 0 bridgehead atoms. The second-order valence-corrected chi connectivity index (χ2v) is 7.40. The number of aromatic amines is 1. The molecule has 0 aliphatic rings. The molecule has 0 unspecified atom stereocenters. The average Bonchev–Trinajstić information content (AvgIpc) is 3.11. The molecule has 0 saturated heterocycles. The van der Waals surface area contributed by atoms with Crippen LogP contribution in [0.3, 0.4) is 0 Å². The molecule has 0 fully saturated rings. The topological polar surface area (TPSA) is 116 Å². The van der Waals surface area contributed by atoms with E-state index in [9.17, 15) is 28.0 Å². The minimum absolute atomic E-state index is 0.0601.